The summed E-state index contributed by atoms with van der Waals surface area (Å²) >= 11 is 12.2. The molecule has 1 aliphatic heterocycles. The molecule has 3 unspecified atom stereocenters. The van der Waals surface area contributed by atoms with Crippen LogP contribution in [0.5, 0.6) is 0 Å². The number of aliphatic carboxylic acids is 1. The standard InChI is InChI=1S/C26H25Cl2N3O6S/c1-25(16-6-8-17(27)9-7-16,14-38(36,37)20-5-3-2-4-18(20)28)22(32)15-10-19(23(33)34)31(12-15)21-11-26(21,13-29)24(30)35/h2-9,15,19,21H,10-12,14H2,1H3,(H2,30,35)(H,33,34)/t15-,19+,21?,25?,26?/m1/s1. The number of carboxylic acid groups (broad SMARTS) is 1. The van der Waals surface area contributed by atoms with Gasteiger partial charge in [-0.25, -0.2) is 8.42 Å². The zero-order valence-corrected chi connectivity index (χ0v) is 22.6. The summed E-state index contributed by atoms with van der Waals surface area (Å²) in [6.45, 7) is 1.44. The molecule has 0 bridgehead atoms. The number of likely N-dealkylation sites (tertiary alicyclic amines) is 1. The number of nitrogens with two attached hydrogens (primary N) is 1. The Hall–Kier alpha value is -2.97. The van der Waals surface area contributed by atoms with Crippen molar-refractivity contribution in [2.24, 2.45) is 17.1 Å². The monoisotopic (exact) mass is 577 g/mol. The quantitative estimate of drug-likeness (QED) is 0.460. The summed E-state index contributed by atoms with van der Waals surface area (Å²) < 4.78 is 27.1. The summed E-state index contributed by atoms with van der Waals surface area (Å²) in [7, 11) is -4.08. The van der Waals surface area contributed by atoms with Crippen molar-refractivity contribution in [3.8, 4) is 6.07 Å². The highest BCUT2D eigenvalue weighted by Gasteiger charge is 2.66. The molecular formula is C26H25Cl2N3O6S. The number of sulfone groups is 1. The van der Waals surface area contributed by atoms with E-state index < -0.39 is 62.1 Å². The maximum absolute atomic E-state index is 14.2. The number of nitrogens with zero attached hydrogens (tertiary/aromatic N) is 2. The molecule has 2 fully saturated rings. The number of carbonyl (C=O) groups is 3. The molecule has 2 aliphatic rings. The number of primary amides is 1. The molecule has 1 amide bonds. The number of benzene rings is 2. The second kappa shape index (κ2) is 9.97. The van der Waals surface area contributed by atoms with Crippen LogP contribution in [-0.2, 0) is 29.6 Å². The molecule has 5 atom stereocenters. The van der Waals surface area contributed by atoms with E-state index in [0.717, 1.165) is 0 Å². The van der Waals surface area contributed by atoms with E-state index in [2.05, 4.69) is 0 Å². The van der Waals surface area contributed by atoms with Crippen LogP contribution >= 0.6 is 23.2 Å². The molecule has 1 saturated carbocycles. The molecular weight excluding hydrogens is 553 g/mol. The van der Waals surface area contributed by atoms with Crippen molar-refractivity contribution in [1.29, 1.82) is 5.26 Å². The molecule has 1 aliphatic carbocycles. The molecule has 0 radical (unpaired) electrons. The molecule has 2 aromatic carbocycles. The molecule has 200 valence electrons. The topological polar surface area (TPSA) is 159 Å². The molecule has 4 rings (SSSR count). The SMILES string of the molecule is CC(CS(=O)(=O)c1ccccc1Cl)(C(=O)[C@@H]1C[C@@H](C(=O)O)N(C2CC2(C#N)C(N)=O)C1)c1ccc(Cl)cc1. The highest BCUT2D eigenvalue weighted by atomic mass is 35.5. The van der Waals surface area contributed by atoms with Gasteiger partial charge in [-0.15, -0.1) is 0 Å². The second-order valence-corrected chi connectivity index (χ2v) is 12.8. The van der Waals surface area contributed by atoms with E-state index in [-0.39, 0.29) is 29.3 Å². The molecule has 2 aromatic rings. The number of hydrogen-bond donors (Lipinski definition) is 2. The Bertz CT molecular complexity index is 1460. The Kier molecular flexibility index (Phi) is 7.36. The van der Waals surface area contributed by atoms with Crippen LogP contribution in [0.15, 0.2) is 53.4 Å². The third-order valence-electron chi connectivity index (χ3n) is 7.63. The second-order valence-electron chi connectivity index (χ2n) is 10.0. The maximum Gasteiger partial charge on any atom is 0.320 e. The number of halogens is 2. The summed E-state index contributed by atoms with van der Waals surface area (Å²) in [5.41, 5.74) is 2.71. The number of amides is 1. The van der Waals surface area contributed by atoms with Crippen LogP contribution in [0, 0.1) is 22.7 Å². The zero-order valence-electron chi connectivity index (χ0n) is 20.3. The fraction of sp³-hybridized carbons (Fsp3) is 0.385. The van der Waals surface area contributed by atoms with Gasteiger partial charge in [0, 0.05) is 23.5 Å². The number of nitriles is 1. The van der Waals surface area contributed by atoms with E-state index in [9.17, 15) is 33.2 Å². The smallest absolute Gasteiger partial charge is 0.320 e. The third-order valence-corrected chi connectivity index (χ3v) is 10.3. The number of ketones is 1. The first kappa shape index (κ1) is 28.0. The fourth-order valence-electron chi connectivity index (χ4n) is 5.44. The van der Waals surface area contributed by atoms with Crippen molar-refractivity contribution in [2.45, 2.75) is 42.2 Å². The molecule has 3 N–H and O–H groups in total. The van der Waals surface area contributed by atoms with Crippen molar-refractivity contribution in [1.82, 2.24) is 4.90 Å². The van der Waals surface area contributed by atoms with Crippen molar-refractivity contribution < 1.29 is 27.9 Å². The number of rotatable bonds is 9. The lowest BCUT2D eigenvalue weighted by Gasteiger charge is -2.31. The van der Waals surface area contributed by atoms with Gasteiger partial charge < -0.3 is 10.8 Å². The van der Waals surface area contributed by atoms with Crippen LogP contribution in [0.3, 0.4) is 0 Å². The molecule has 38 heavy (non-hydrogen) atoms. The van der Waals surface area contributed by atoms with Gasteiger partial charge in [0.15, 0.2) is 15.3 Å². The predicted molar refractivity (Wildman–Crippen MR) is 139 cm³/mol. The van der Waals surface area contributed by atoms with Gasteiger partial charge >= 0.3 is 5.97 Å². The highest BCUT2D eigenvalue weighted by molar-refractivity contribution is 7.91. The first-order chi connectivity index (χ1) is 17.8. The lowest BCUT2D eigenvalue weighted by atomic mass is 9.75. The van der Waals surface area contributed by atoms with Crippen molar-refractivity contribution in [3.63, 3.8) is 0 Å². The van der Waals surface area contributed by atoms with Crippen molar-refractivity contribution in [3.05, 3.63) is 64.1 Å². The Labute approximate surface area is 230 Å². The summed E-state index contributed by atoms with van der Waals surface area (Å²) in [4.78, 5) is 39.5. The summed E-state index contributed by atoms with van der Waals surface area (Å²) in [6, 6.07) is 12.2. The Morgan fingerprint density at radius 2 is 1.82 bits per heavy atom. The molecule has 0 aromatic heterocycles. The largest absolute Gasteiger partial charge is 0.480 e. The van der Waals surface area contributed by atoms with Crippen LogP contribution in [0.25, 0.3) is 0 Å². The van der Waals surface area contributed by atoms with E-state index in [1.165, 1.54) is 30.0 Å². The van der Waals surface area contributed by atoms with Gasteiger partial charge in [0.2, 0.25) is 5.91 Å². The number of hydrogen-bond acceptors (Lipinski definition) is 7. The lowest BCUT2D eigenvalue weighted by Crippen LogP contribution is -2.44. The Morgan fingerprint density at radius 1 is 1.18 bits per heavy atom. The number of carboxylic acids is 1. The third kappa shape index (κ3) is 4.80. The number of Topliss-reactive ketones (excluding diaryl/α,β-unsaturated/α-hetero) is 1. The van der Waals surface area contributed by atoms with Gasteiger partial charge in [-0.05, 0) is 49.6 Å². The van der Waals surface area contributed by atoms with Crippen molar-refractivity contribution in [2.75, 3.05) is 12.3 Å². The fourth-order valence-corrected chi connectivity index (χ4v) is 7.93. The molecule has 12 heteroatoms. The average Bonchev–Trinajstić information content (AvgIpc) is 3.45. The van der Waals surface area contributed by atoms with E-state index >= 15 is 0 Å². The molecule has 1 heterocycles. The first-order valence-corrected chi connectivity index (χ1v) is 14.1. The number of carbonyl (C=O) groups excluding carboxylic acids is 2. The van der Waals surface area contributed by atoms with E-state index in [4.69, 9.17) is 28.9 Å². The molecule has 9 nitrogen and oxygen atoms in total. The predicted octanol–water partition coefficient (Wildman–Crippen LogP) is 2.84. The van der Waals surface area contributed by atoms with Gasteiger partial charge in [0.05, 0.1) is 27.2 Å². The zero-order chi connectivity index (χ0) is 28.0. The van der Waals surface area contributed by atoms with Gasteiger partial charge in [0.25, 0.3) is 0 Å². The van der Waals surface area contributed by atoms with Crippen LogP contribution < -0.4 is 5.73 Å². The summed E-state index contributed by atoms with van der Waals surface area (Å²) in [5.74, 6) is -4.04. The van der Waals surface area contributed by atoms with Gasteiger partial charge in [-0.3, -0.25) is 19.3 Å². The minimum atomic E-state index is -4.08. The van der Waals surface area contributed by atoms with Crippen LogP contribution in [0.4, 0.5) is 0 Å². The molecule has 1 saturated heterocycles. The highest BCUT2D eigenvalue weighted by Crippen LogP contribution is 2.52. The van der Waals surface area contributed by atoms with Crippen molar-refractivity contribution >= 4 is 50.7 Å². The first-order valence-electron chi connectivity index (χ1n) is 11.7. The van der Waals surface area contributed by atoms with Crippen LogP contribution in [-0.4, -0.2) is 60.5 Å². The summed E-state index contributed by atoms with van der Waals surface area (Å²) in [6.07, 6.45) is -0.0425. The van der Waals surface area contributed by atoms with E-state index in [1.807, 2.05) is 6.07 Å². The van der Waals surface area contributed by atoms with Crippen LogP contribution in [0.1, 0.15) is 25.3 Å². The summed E-state index contributed by atoms with van der Waals surface area (Å²) in [5, 5.41) is 19.8. The Morgan fingerprint density at radius 3 is 2.34 bits per heavy atom. The minimum absolute atomic E-state index is 0.0180. The maximum atomic E-state index is 14.2. The normalized spacial score (nSPS) is 26.7. The van der Waals surface area contributed by atoms with Gasteiger partial charge in [0.1, 0.15) is 11.8 Å². The minimum Gasteiger partial charge on any atom is -0.480 e. The van der Waals surface area contributed by atoms with Gasteiger partial charge in [-0.1, -0.05) is 47.5 Å². The molecule has 0 spiro atoms. The van der Waals surface area contributed by atoms with Crippen LogP contribution in [0.2, 0.25) is 10.0 Å². The van der Waals surface area contributed by atoms with Gasteiger partial charge in [-0.2, -0.15) is 5.26 Å². The lowest BCUT2D eigenvalue weighted by molar-refractivity contribution is -0.142. The average molecular weight is 578 g/mol. The Balaban J connectivity index is 1.72. The van der Waals surface area contributed by atoms with E-state index in [1.54, 1.807) is 30.3 Å². The van der Waals surface area contributed by atoms with E-state index in [0.29, 0.717) is 10.6 Å².